The van der Waals surface area contributed by atoms with E-state index in [1.165, 1.54) is 24.8 Å². The van der Waals surface area contributed by atoms with Crippen molar-refractivity contribution < 1.29 is 0 Å². The molecule has 0 saturated heterocycles. The average molecular weight is 249 g/mol. The molecule has 0 fully saturated rings. The van der Waals surface area contributed by atoms with E-state index >= 15 is 0 Å². The van der Waals surface area contributed by atoms with E-state index in [4.69, 9.17) is 10.7 Å². The molecule has 1 aromatic rings. The van der Waals surface area contributed by atoms with Gasteiger partial charge in [-0.2, -0.15) is 0 Å². The molecule has 0 saturated carbocycles. The quantitative estimate of drug-likeness (QED) is 0.754. The predicted octanol–water partition coefficient (Wildman–Crippen LogP) is 3.29. The van der Waals surface area contributed by atoms with Crippen molar-refractivity contribution in [1.82, 2.24) is 4.98 Å². The number of anilines is 1. The number of rotatable bonds is 7. The number of aromatic nitrogens is 1. The van der Waals surface area contributed by atoms with Crippen molar-refractivity contribution in [3.8, 4) is 0 Å². The smallest absolute Gasteiger partial charge is 0.128 e. The van der Waals surface area contributed by atoms with Crippen molar-refractivity contribution in [2.75, 3.05) is 18.5 Å². The second kappa shape index (κ2) is 7.37. The summed E-state index contributed by atoms with van der Waals surface area (Å²) in [4.78, 5) is 6.97. The number of hydrogen-bond acceptors (Lipinski definition) is 3. The molecule has 1 heterocycles. The van der Waals surface area contributed by atoms with Crippen LogP contribution in [-0.4, -0.2) is 18.6 Å². The minimum atomic E-state index is 0.444. The average Bonchev–Trinajstić information content (AvgIpc) is 2.38. The highest BCUT2D eigenvalue weighted by atomic mass is 15.2. The molecule has 3 heteroatoms. The monoisotopic (exact) mass is 249 g/mol. The van der Waals surface area contributed by atoms with Gasteiger partial charge in [0, 0.05) is 25.8 Å². The van der Waals surface area contributed by atoms with Gasteiger partial charge < -0.3 is 10.6 Å². The standard InChI is InChI=1S/C15H27N3/c1-5-6-7-8-18(4)15-10-13(11-16)9-14(17-15)12(2)3/h9-10,12H,5-8,11,16H2,1-4H3. The summed E-state index contributed by atoms with van der Waals surface area (Å²) in [6.45, 7) is 8.21. The van der Waals surface area contributed by atoms with Crippen molar-refractivity contribution in [1.29, 1.82) is 0 Å². The summed E-state index contributed by atoms with van der Waals surface area (Å²) in [6.07, 6.45) is 3.75. The molecule has 0 aliphatic rings. The zero-order valence-electron chi connectivity index (χ0n) is 12.2. The predicted molar refractivity (Wildman–Crippen MR) is 79.0 cm³/mol. The third kappa shape index (κ3) is 4.30. The maximum absolute atomic E-state index is 5.76. The van der Waals surface area contributed by atoms with Crippen LogP contribution in [0.3, 0.4) is 0 Å². The molecule has 0 aliphatic heterocycles. The van der Waals surface area contributed by atoms with E-state index < -0.39 is 0 Å². The van der Waals surface area contributed by atoms with Gasteiger partial charge in [-0.25, -0.2) is 4.98 Å². The van der Waals surface area contributed by atoms with Gasteiger partial charge in [-0.1, -0.05) is 33.6 Å². The van der Waals surface area contributed by atoms with E-state index in [0.717, 1.165) is 18.1 Å². The second-order valence-electron chi connectivity index (χ2n) is 5.25. The lowest BCUT2D eigenvalue weighted by molar-refractivity contribution is 0.698. The van der Waals surface area contributed by atoms with Crippen LogP contribution < -0.4 is 10.6 Å². The topological polar surface area (TPSA) is 42.1 Å². The second-order valence-corrected chi connectivity index (χ2v) is 5.25. The Hall–Kier alpha value is -1.09. The molecule has 0 radical (unpaired) electrons. The van der Waals surface area contributed by atoms with Crippen LogP contribution in [0.1, 0.15) is 57.2 Å². The van der Waals surface area contributed by atoms with Gasteiger partial charge in [0.1, 0.15) is 5.82 Å². The summed E-state index contributed by atoms with van der Waals surface area (Å²) in [5.74, 6) is 1.50. The van der Waals surface area contributed by atoms with Crippen molar-refractivity contribution in [2.24, 2.45) is 5.73 Å². The molecule has 0 bridgehead atoms. The molecule has 0 amide bonds. The summed E-state index contributed by atoms with van der Waals surface area (Å²) < 4.78 is 0. The molecule has 18 heavy (non-hydrogen) atoms. The van der Waals surface area contributed by atoms with Gasteiger partial charge in [-0.3, -0.25) is 0 Å². The van der Waals surface area contributed by atoms with E-state index in [2.05, 4.69) is 44.9 Å². The largest absolute Gasteiger partial charge is 0.360 e. The summed E-state index contributed by atoms with van der Waals surface area (Å²) in [7, 11) is 2.11. The number of nitrogens with two attached hydrogens (primary N) is 1. The molecule has 1 rings (SSSR count). The lowest BCUT2D eigenvalue weighted by atomic mass is 10.1. The Balaban J connectivity index is 2.82. The maximum atomic E-state index is 5.76. The molecule has 3 nitrogen and oxygen atoms in total. The zero-order valence-corrected chi connectivity index (χ0v) is 12.2. The molecule has 0 aliphatic carbocycles. The Kier molecular flexibility index (Phi) is 6.13. The van der Waals surface area contributed by atoms with Gasteiger partial charge in [0.15, 0.2) is 0 Å². The lowest BCUT2D eigenvalue weighted by Crippen LogP contribution is -2.20. The fraction of sp³-hybridized carbons (Fsp3) is 0.667. The third-order valence-electron chi connectivity index (χ3n) is 3.21. The summed E-state index contributed by atoms with van der Waals surface area (Å²) in [5.41, 5.74) is 8.07. The maximum Gasteiger partial charge on any atom is 0.128 e. The molecule has 1 aromatic heterocycles. The van der Waals surface area contributed by atoms with Crippen LogP contribution in [0.2, 0.25) is 0 Å². The first-order valence-electron chi connectivity index (χ1n) is 7.00. The molecular weight excluding hydrogens is 222 g/mol. The molecule has 2 N–H and O–H groups in total. The Bertz CT molecular complexity index is 361. The Labute approximate surface area is 111 Å². The normalized spacial score (nSPS) is 11.0. The number of hydrogen-bond donors (Lipinski definition) is 1. The molecule has 0 atom stereocenters. The van der Waals surface area contributed by atoms with Crippen LogP contribution in [0.5, 0.6) is 0 Å². The van der Waals surface area contributed by atoms with Crippen molar-refractivity contribution in [2.45, 2.75) is 52.5 Å². The summed E-state index contributed by atoms with van der Waals surface area (Å²) in [5, 5.41) is 0. The van der Waals surface area contributed by atoms with Crippen LogP contribution in [0.4, 0.5) is 5.82 Å². The van der Waals surface area contributed by atoms with Crippen molar-refractivity contribution >= 4 is 5.82 Å². The first-order chi connectivity index (χ1) is 8.58. The minimum Gasteiger partial charge on any atom is -0.360 e. The van der Waals surface area contributed by atoms with E-state index in [1.54, 1.807) is 0 Å². The minimum absolute atomic E-state index is 0.444. The highest BCUT2D eigenvalue weighted by Crippen LogP contribution is 2.19. The first kappa shape index (κ1) is 15.0. The SMILES string of the molecule is CCCCCN(C)c1cc(CN)cc(C(C)C)n1. The number of pyridine rings is 1. The van der Waals surface area contributed by atoms with E-state index in [-0.39, 0.29) is 0 Å². The van der Waals surface area contributed by atoms with Gasteiger partial charge in [-0.05, 0) is 30.0 Å². The number of nitrogens with zero attached hydrogens (tertiary/aromatic N) is 2. The molecule has 0 unspecified atom stereocenters. The van der Waals surface area contributed by atoms with Gasteiger partial charge >= 0.3 is 0 Å². The molecule has 0 spiro atoms. The fourth-order valence-corrected chi connectivity index (χ4v) is 1.92. The van der Waals surface area contributed by atoms with Crippen LogP contribution in [0.25, 0.3) is 0 Å². The molecular formula is C15H27N3. The van der Waals surface area contributed by atoms with Crippen LogP contribution >= 0.6 is 0 Å². The Morgan fingerprint density at radius 1 is 1.28 bits per heavy atom. The van der Waals surface area contributed by atoms with E-state index in [0.29, 0.717) is 12.5 Å². The highest BCUT2D eigenvalue weighted by molar-refractivity contribution is 5.42. The first-order valence-corrected chi connectivity index (χ1v) is 7.00. The van der Waals surface area contributed by atoms with Crippen molar-refractivity contribution in [3.05, 3.63) is 23.4 Å². The van der Waals surface area contributed by atoms with Crippen molar-refractivity contribution in [3.63, 3.8) is 0 Å². The third-order valence-corrected chi connectivity index (χ3v) is 3.21. The summed E-state index contributed by atoms with van der Waals surface area (Å²) in [6, 6.07) is 4.23. The van der Waals surface area contributed by atoms with E-state index in [1.807, 2.05) is 0 Å². The zero-order chi connectivity index (χ0) is 13.5. The molecule has 0 aromatic carbocycles. The van der Waals surface area contributed by atoms with Gasteiger partial charge in [0.2, 0.25) is 0 Å². The fourth-order valence-electron chi connectivity index (χ4n) is 1.92. The van der Waals surface area contributed by atoms with Crippen LogP contribution in [-0.2, 0) is 6.54 Å². The highest BCUT2D eigenvalue weighted by Gasteiger charge is 2.08. The van der Waals surface area contributed by atoms with Gasteiger partial charge in [-0.15, -0.1) is 0 Å². The Morgan fingerprint density at radius 2 is 2.00 bits per heavy atom. The summed E-state index contributed by atoms with van der Waals surface area (Å²) >= 11 is 0. The number of unbranched alkanes of at least 4 members (excludes halogenated alkanes) is 2. The van der Waals surface area contributed by atoms with E-state index in [9.17, 15) is 0 Å². The molecule has 102 valence electrons. The van der Waals surface area contributed by atoms with Gasteiger partial charge in [0.25, 0.3) is 0 Å². The van der Waals surface area contributed by atoms with Crippen LogP contribution in [0.15, 0.2) is 12.1 Å². The van der Waals surface area contributed by atoms with Crippen LogP contribution in [0, 0.1) is 0 Å². The van der Waals surface area contributed by atoms with Gasteiger partial charge in [0.05, 0.1) is 0 Å². The lowest BCUT2D eigenvalue weighted by Gasteiger charge is -2.20. The Morgan fingerprint density at radius 3 is 2.56 bits per heavy atom.